The topological polar surface area (TPSA) is 78.9 Å². The van der Waals surface area contributed by atoms with E-state index in [1.54, 1.807) is 26.2 Å². The van der Waals surface area contributed by atoms with Crippen LogP contribution in [0.15, 0.2) is 29.8 Å². The van der Waals surface area contributed by atoms with E-state index in [9.17, 15) is 14.4 Å². The number of esters is 2. The van der Waals surface area contributed by atoms with Crippen molar-refractivity contribution in [1.29, 1.82) is 0 Å². The molecule has 0 amide bonds. The molecule has 0 radical (unpaired) electrons. The average molecular weight is 332 g/mol. The van der Waals surface area contributed by atoms with E-state index in [4.69, 9.17) is 14.2 Å². The molecule has 0 N–H and O–H groups in total. The zero-order chi connectivity index (χ0) is 17.9. The molecule has 1 saturated carbocycles. The van der Waals surface area contributed by atoms with Crippen LogP contribution in [0.2, 0.25) is 0 Å². The highest BCUT2D eigenvalue weighted by Gasteiger charge is 2.55. The molecule has 6 nitrogen and oxygen atoms in total. The molecule has 0 heterocycles. The van der Waals surface area contributed by atoms with Crippen LogP contribution in [-0.2, 0) is 23.9 Å². The number of hydrogen-bond donors (Lipinski definition) is 0. The summed E-state index contributed by atoms with van der Waals surface area (Å²) in [5, 5.41) is 0. The smallest absolute Gasteiger partial charge is 0.324 e. The quantitative estimate of drug-likeness (QED) is 0.478. The Bertz CT molecular complexity index is 700. The van der Waals surface area contributed by atoms with Crippen molar-refractivity contribution in [1.82, 2.24) is 0 Å². The second-order valence-corrected chi connectivity index (χ2v) is 5.68. The Morgan fingerprint density at radius 1 is 1.04 bits per heavy atom. The minimum atomic E-state index is -1.60. The summed E-state index contributed by atoms with van der Waals surface area (Å²) >= 11 is 0. The summed E-state index contributed by atoms with van der Waals surface area (Å²) in [4.78, 5) is 36.8. The highest BCUT2D eigenvalue weighted by atomic mass is 16.5. The normalized spacial score (nSPS) is 18.1. The number of Topliss-reactive ketones (excluding diaryl/α,β-unsaturated/α-hetero) is 1. The van der Waals surface area contributed by atoms with Gasteiger partial charge in [-0.3, -0.25) is 14.4 Å². The number of methoxy groups -OCH3 is 3. The maximum atomic E-state index is 12.5. The van der Waals surface area contributed by atoms with E-state index in [-0.39, 0.29) is 18.6 Å². The summed E-state index contributed by atoms with van der Waals surface area (Å²) in [7, 11) is 3.93. The third kappa shape index (κ3) is 2.91. The summed E-state index contributed by atoms with van der Waals surface area (Å²) in [5.41, 5.74) is 0.326. The Morgan fingerprint density at radius 3 is 2.21 bits per heavy atom. The molecule has 6 heteroatoms. The molecule has 1 aliphatic rings. The Morgan fingerprint density at radius 2 is 1.67 bits per heavy atom. The number of allylic oxidation sites excluding steroid dienone is 2. The van der Waals surface area contributed by atoms with E-state index in [0.29, 0.717) is 16.9 Å². The summed E-state index contributed by atoms with van der Waals surface area (Å²) in [5.74, 6) is -1.11. The standard InChI is InChI=1S/C18H20O6/c1-11(12-6-5-7-13(8-12)22-2)14-9-18(10-15(14)19,16(20)23-3)17(21)24-4/h5-8H,9-10H2,1-4H3/b14-11-. The van der Waals surface area contributed by atoms with Gasteiger partial charge in [0.1, 0.15) is 5.75 Å². The van der Waals surface area contributed by atoms with E-state index >= 15 is 0 Å². The molecule has 1 aromatic carbocycles. The second kappa shape index (κ2) is 6.86. The summed E-state index contributed by atoms with van der Waals surface area (Å²) in [6.07, 6.45) is -0.281. The van der Waals surface area contributed by atoms with Crippen molar-refractivity contribution in [2.45, 2.75) is 19.8 Å². The molecule has 0 spiro atoms. The molecule has 0 aromatic heterocycles. The molecule has 1 aliphatic carbocycles. The van der Waals surface area contributed by atoms with Crippen LogP contribution in [0.5, 0.6) is 5.75 Å². The molecule has 0 bridgehead atoms. The van der Waals surface area contributed by atoms with Crippen molar-refractivity contribution in [3.8, 4) is 5.75 Å². The largest absolute Gasteiger partial charge is 0.497 e. The fourth-order valence-corrected chi connectivity index (χ4v) is 2.98. The molecule has 128 valence electrons. The Kier molecular flexibility index (Phi) is 5.07. The number of ketones is 1. The summed E-state index contributed by atoms with van der Waals surface area (Å²) in [6.45, 7) is 1.78. The van der Waals surface area contributed by atoms with Gasteiger partial charge in [0.15, 0.2) is 11.2 Å². The van der Waals surface area contributed by atoms with Crippen molar-refractivity contribution in [2.24, 2.45) is 5.41 Å². The third-order valence-corrected chi connectivity index (χ3v) is 4.39. The number of rotatable bonds is 4. The Labute approximate surface area is 140 Å². The SMILES string of the molecule is COC(=O)C1(C(=O)OC)CC(=O)/C(=C(/C)c2cccc(OC)c2)C1. The van der Waals surface area contributed by atoms with Crippen LogP contribution in [0.1, 0.15) is 25.3 Å². The lowest BCUT2D eigenvalue weighted by Gasteiger charge is -2.21. The maximum Gasteiger partial charge on any atom is 0.324 e. The second-order valence-electron chi connectivity index (χ2n) is 5.68. The maximum absolute atomic E-state index is 12.5. The van der Waals surface area contributed by atoms with Crippen LogP contribution in [0, 0.1) is 5.41 Å². The van der Waals surface area contributed by atoms with Gasteiger partial charge in [-0.25, -0.2) is 0 Å². The third-order valence-electron chi connectivity index (χ3n) is 4.39. The van der Waals surface area contributed by atoms with Gasteiger partial charge < -0.3 is 14.2 Å². The number of hydrogen-bond acceptors (Lipinski definition) is 6. The van der Waals surface area contributed by atoms with Crippen LogP contribution in [0.25, 0.3) is 5.57 Å². The fourth-order valence-electron chi connectivity index (χ4n) is 2.98. The molecule has 1 fully saturated rings. The van der Waals surface area contributed by atoms with Crippen molar-refractivity contribution in [3.63, 3.8) is 0 Å². The fraction of sp³-hybridized carbons (Fsp3) is 0.389. The molecule has 0 atom stereocenters. The Hall–Kier alpha value is -2.63. The zero-order valence-electron chi connectivity index (χ0n) is 14.2. The van der Waals surface area contributed by atoms with Gasteiger partial charge in [-0.15, -0.1) is 0 Å². The van der Waals surface area contributed by atoms with Gasteiger partial charge in [0, 0.05) is 18.4 Å². The molecular formula is C18H20O6. The van der Waals surface area contributed by atoms with Crippen molar-refractivity contribution in [2.75, 3.05) is 21.3 Å². The van der Waals surface area contributed by atoms with Crippen molar-refractivity contribution >= 4 is 23.3 Å². The first-order chi connectivity index (χ1) is 11.4. The van der Waals surface area contributed by atoms with E-state index in [1.165, 1.54) is 14.2 Å². The van der Waals surface area contributed by atoms with Gasteiger partial charge in [-0.2, -0.15) is 0 Å². The van der Waals surface area contributed by atoms with Gasteiger partial charge in [0.05, 0.1) is 21.3 Å². The van der Waals surface area contributed by atoms with Gasteiger partial charge in [-0.1, -0.05) is 12.1 Å². The molecule has 0 aliphatic heterocycles. The van der Waals surface area contributed by atoms with Crippen LogP contribution in [0.4, 0.5) is 0 Å². The van der Waals surface area contributed by atoms with E-state index < -0.39 is 17.4 Å². The summed E-state index contributed by atoms with van der Waals surface area (Å²) in [6, 6.07) is 7.25. The highest BCUT2D eigenvalue weighted by Crippen LogP contribution is 2.44. The Balaban J connectivity index is 2.49. The molecule has 1 aromatic rings. The number of benzene rings is 1. The number of ether oxygens (including phenoxy) is 3. The molecular weight excluding hydrogens is 312 g/mol. The highest BCUT2D eigenvalue weighted by molar-refractivity contribution is 6.15. The predicted octanol–water partition coefficient (Wildman–Crippen LogP) is 2.16. The first-order valence-corrected chi connectivity index (χ1v) is 7.44. The predicted molar refractivity (Wildman–Crippen MR) is 86.3 cm³/mol. The molecule has 0 saturated heterocycles. The van der Waals surface area contributed by atoms with E-state index in [0.717, 1.165) is 5.56 Å². The number of carbonyl (C=O) groups is 3. The van der Waals surface area contributed by atoms with Gasteiger partial charge in [-0.05, 0) is 30.2 Å². The van der Waals surface area contributed by atoms with Crippen LogP contribution in [0.3, 0.4) is 0 Å². The zero-order valence-corrected chi connectivity index (χ0v) is 14.2. The van der Waals surface area contributed by atoms with Crippen LogP contribution in [-0.4, -0.2) is 39.1 Å². The minimum absolute atomic E-state index is 0.0335. The lowest BCUT2D eigenvalue weighted by Crippen LogP contribution is -2.39. The first-order valence-electron chi connectivity index (χ1n) is 7.44. The van der Waals surface area contributed by atoms with Gasteiger partial charge in [0.2, 0.25) is 0 Å². The minimum Gasteiger partial charge on any atom is -0.497 e. The lowest BCUT2D eigenvalue weighted by atomic mass is 9.85. The van der Waals surface area contributed by atoms with Gasteiger partial charge in [0.25, 0.3) is 0 Å². The van der Waals surface area contributed by atoms with Crippen molar-refractivity contribution < 1.29 is 28.6 Å². The van der Waals surface area contributed by atoms with Gasteiger partial charge >= 0.3 is 11.9 Å². The molecule has 0 unspecified atom stereocenters. The summed E-state index contributed by atoms with van der Waals surface area (Å²) < 4.78 is 14.7. The monoisotopic (exact) mass is 332 g/mol. The lowest BCUT2D eigenvalue weighted by molar-refractivity contribution is -0.169. The van der Waals surface area contributed by atoms with E-state index in [1.807, 2.05) is 12.1 Å². The van der Waals surface area contributed by atoms with Crippen LogP contribution >= 0.6 is 0 Å². The molecule has 24 heavy (non-hydrogen) atoms. The molecule has 2 rings (SSSR count). The van der Waals surface area contributed by atoms with Crippen LogP contribution < -0.4 is 4.74 Å². The average Bonchev–Trinajstić information content (AvgIpc) is 2.98. The number of carbonyl (C=O) groups excluding carboxylic acids is 3. The van der Waals surface area contributed by atoms with Crippen molar-refractivity contribution in [3.05, 3.63) is 35.4 Å². The van der Waals surface area contributed by atoms with E-state index in [2.05, 4.69) is 0 Å². The first kappa shape index (κ1) is 17.7.